The van der Waals surface area contributed by atoms with Gasteiger partial charge < -0.3 is 10.6 Å². The summed E-state index contributed by atoms with van der Waals surface area (Å²) in [5, 5.41) is 6.76. The van der Waals surface area contributed by atoms with E-state index in [-0.39, 0.29) is 11.9 Å². The Morgan fingerprint density at radius 2 is 1.81 bits per heavy atom. The summed E-state index contributed by atoms with van der Waals surface area (Å²) in [6, 6.07) is 19.1. The molecule has 1 aromatic heterocycles. The molecule has 0 spiro atoms. The quantitative estimate of drug-likeness (QED) is 0.512. The van der Waals surface area contributed by atoms with Gasteiger partial charge in [0.1, 0.15) is 5.03 Å². The Morgan fingerprint density at radius 1 is 1.06 bits per heavy atom. The second-order valence-corrected chi connectivity index (χ2v) is 9.22. The Morgan fingerprint density at radius 3 is 2.56 bits per heavy atom. The van der Waals surface area contributed by atoms with Gasteiger partial charge in [-0.25, -0.2) is 9.78 Å². The highest BCUT2D eigenvalue weighted by atomic mass is 32.2. The minimum absolute atomic E-state index is 0.0364. The van der Waals surface area contributed by atoms with Gasteiger partial charge in [0.2, 0.25) is 5.91 Å². The van der Waals surface area contributed by atoms with Crippen LogP contribution in [-0.2, 0) is 17.8 Å². The number of nitrogens with one attached hydrogen (secondary N) is 2. The van der Waals surface area contributed by atoms with Crippen LogP contribution in [0.3, 0.4) is 0 Å². The summed E-state index contributed by atoms with van der Waals surface area (Å²) in [5.41, 5.74) is 3.48. The summed E-state index contributed by atoms with van der Waals surface area (Å²) in [6.07, 6.45) is 4.07. The van der Waals surface area contributed by atoms with Crippen molar-refractivity contribution in [3.8, 4) is 0 Å². The zero-order chi connectivity index (χ0) is 22.3. The van der Waals surface area contributed by atoms with Gasteiger partial charge in [-0.2, -0.15) is 0 Å². The predicted molar refractivity (Wildman–Crippen MR) is 132 cm³/mol. The fourth-order valence-electron chi connectivity index (χ4n) is 3.35. The van der Waals surface area contributed by atoms with E-state index < -0.39 is 0 Å². The van der Waals surface area contributed by atoms with Crippen LogP contribution in [0, 0.1) is 0 Å². The number of carbonyl (C=O) groups excluding carboxylic acids is 2. The van der Waals surface area contributed by atoms with Crippen molar-refractivity contribution in [3.63, 3.8) is 0 Å². The van der Waals surface area contributed by atoms with E-state index in [1.54, 1.807) is 34.6 Å². The second kappa shape index (κ2) is 10.6. The van der Waals surface area contributed by atoms with Gasteiger partial charge in [-0.15, -0.1) is 23.5 Å². The number of urea groups is 1. The lowest BCUT2D eigenvalue weighted by atomic mass is 10.1. The topological polar surface area (TPSA) is 74.3 Å². The molecule has 0 radical (unpaired) electrons. The van der Waals surface area contributed by atoms with E-state index in [4.69, 9.17) is 0 Å². The molecule has 0 unspecified atom stereocenters. The largest absolute Gasteiger partial charge is 0.352 e. The van der Waals surface area contributed by atoms with Crippen molar-refractivity contribution in [1.82, 2.24) is 10.3 Å². The van der Waals surface area contributed by atoms with Crippen LogP contribution in [-0.4, -0.2) is 35.5 Å². The van der Waals surface area contributed by atoms with Crippen molar-refractivity contribution < 1.29 is 9.59 Å². The standard InChI is InChI=1S/C24H24N4O2S2/c1-31-20-10-6-18(7-11-20)16-26-22(29)15-17-4-8-19(9-5-17)27-24(30)28-13-14-32-23-21(28)3-2-12-25-23/h2-12H,13-16H2,1H3,(H,26,29)(H,27,30). The van der Waals surface area contributed by atoms with Gasteiger partial charge in [0.25, 0.3) is 0 Å². The molecule has 4 rings (SSSR count). The zero-order valence-electron chi connectivity index (χ0n) is 17.7. The van der Waals surface area contributed by atoms with Gasteiger partial charge in [0.05, 0.1) is 12.1 Å². The first-order chi connectivity index (χ1) is 15.6. The van der Waals surface area contributed by atoms with E-state index in [9.17, 15) is 9.59 Å². The van der Waals surface area contributed by atoms with Crippen LogP contribution in [0.4, 0.5) is 16.2 Å². The fraction of sp³-hybridized carbons (Fsp3) is 0.208. The molecular weight excluding hydrogens is 440 g/mol. The van der Waals surface area contributed by atoms with Crippen LogP contribution in [0.1, 0.15) is 11.1 Å². The fourth-order valence-corrected chi connectivity index (χ4v) is 4.69. The molecule has 2 N–H and O–H groups in total. The van der Waals surface area contributed by atoms with Crippen molar-refractivity contribution in [2.45, 2.75) is 22.9 Å². The second-order valence-electron chi connectivity index (χ2n) is 7.26. The van der Waals surface area contributed by atoms with Crippen LogP contribution < -0.4 is 15.5 Å². The average Bonchev–Trinajstić information content (AvgIpc) is 2.84. The first-order valence-corrected chi connectivity index (χ1v) is 12.5. The molecule has 0 saturated carbocycles. The molecule has 0 fully saturated rings. The lowest BCUT2D eigenvalue weighted by Crippen LogP contribution is -2.38. The Hall–Kier alpha value is -2.97. The number of aromatic nitrogens is 1. The van der Waals surface area contributed by atoms with Crippen molar-refractivity contribution in [2.75, 3.05) is 28.8 Å². The number of fused-ring (bicyclic) bond motifs is 1. The lowest BCUT2D eigenvalue weighted by Gasteiger charge is -2.28. The minimum Gasteiger partial charge on any atom is -0.352 e. The number of thioether (sulfide) groups is 2. The molecule has 2 aromatic carbocycles. The van der Waals surface area contributed by atoms with Gasteiger partial charge in [-0.3, -0.25) is 9.69 Å². The van der Waals surface area contributed by atoms with Crippen LogP contribution in [0.15, 0.2) is 76.8 Å². The molecule has 1 aliphatic rings. The number of carbonyl (C=O) groups is 2. The summed E-state index contributed by atoms with van der Waals surface area (Å²) in [4.78, 5) is 32.3. The van der Waals surface area contributed by atoms with Crippen molar-refractivity contribution >= 4 is 46.8 Å². The first-order valence-electron chi connectivity index (χ1n) is 10.3. The highest BCUT2D eigenvalue weighted by Gasteiger charge is 2.23. The summed E-state index contributed by atoms with van der Waals surface area (Å²) >= 11 is 3.35. The third-order valence-electron chi connectivity index (χ3n) is 5.06. The van der Waals surface area contributed by atoms with Gasteiger partial charge in [-0.05, 0) is 53.8 Å². The minimum atomic E-state index is -0.183. The van der Waals surface area contributed by atoms with E-state index in [2.05, 4.69) is 27.8 Å². The summed E-state index contributed by atoms with van der Waals surface area (Å²) in [7, 11) is 0. The molecule has 32 heavy (non-hydrogen) atoms. The summed E-state index contributed by atoms with van der Waals surface area (Å²) < 4.78 is 0. The number of rotatable bonds is 6. The summed E-state index contributed by atoms with van der Waals surface area (Å²) in [6.45, 7) is 1.14. The van der Waals surface area contributed by atoms with Crippen molar-refractivity contribution in [2.24, 2.45) is 0 Å². The van der Waals surface area contributed by atoms with E-state index >= 15 is 0 Å². The third-order valence-corrected chi connectivity index (χ3v) is 6.78. The smallest absolute Gasteiger partial charge is 0.326 e. The van der Waals surface area contributed by atoms with Crippen LogP contribution in [0.2, 0.25) is 0 Å². The average molecular weight is 465 g/mol. The van der Waals surface area contributed by atoms with Crippen molar-refractivity contribution in [1.29, 1.82) is 0 Å². The molecule has 3 aromatic rings. The number of nitrogens with zero attached hydrogens (tertiary/aromatic N) is 2. The number of hydrogen-bond donors (Lipinski definition) is 2. The predicted octanol–water partition coefficient (Wildman–Crippen LogP) is 4.81. The van der Waals surface area contributed by atoms with E-state index in [0.717, 1.165) is 27.6 Å². The molecule has 0 atom stereocenters. The molecule has 0 saturated heterocycles. The summed E-state index contributed by atoms with van der Waals surface area (Å²) in [5.74, 6) is 0.776. The molecule has 1 aliphatic heterocycles. The number of anilines is 2. The van der Waals surface area contributed by atoms with E-state index in [0.29, 0.717) is 25.2 Å². The van der Waals surface area contributed by atoms with Gasteiger partial charge in [-0.1, -0.05) is 24.3 Å². The third kappa shape index (κ3) is 5.63. The highest BCUT2D eigenvalue weighted by molar-refractivity contribution is 7.99. The Balaban J connectivity index is 1.29. The number of pyridine rings is 1. The van der Waals surface area contributed by atoms with Gasteiger partial charge in [0, 0.05) is 35.6 Å². The monoisotopic (exact) mass is 464 g/mol. The number of hydrogen-bond acceptors (Lipinski definition) is 5. The highest BCUT2D eigenvalue weighted by Crippen LogP contribution is 2.32. The molecule has 0 bridgehead atoms. The molecular formula is C24H24N4O2S2. The van der Waals surface area contributed by atoms with E-state index in [1.165, 1.54) is 4.90 Å². The maximum absolute atomic E-state index is 12.8. The zero-order valence-corrected chi connectivity index (χ0v) is 19.3. The first kappa shape index (κ1) is 22.2. The SMILES string of the molecule is CSc1ccc(CNC(=O)Cc2ccc(NC(=O)N3CCSc4ncccc43)cc2)cc1. The van der Waals surface area contributed by atoms with Gasteiger partial charge in [0.15, 0.2) is 0 Å². The van der Waals surface area contributed by atoms with Crippen LogP contribution >= 0.6 is 23.5 Å². The Labute approximate surface area is 196 Å². The molecule has 3 amide bonds. The number of benzene rings is 2. The number of amides is 3. The molecule has 164 valence electrons. The molecule has 0 aliphatic carbocycles. The normalized spacial score (nSPS) is 12.7. The molecule has 2 heterocycles. The van der Waals surface area contributed by atoms with Gasteiger partial charge >= 0.3 is 6.03 Å². The van der Waals surface area contributed by atoms with Crippen molar-refractivity contribution in [3.05, 3.63) is 78.0 Å². The van der Waals surface area contributed by atoms with E-state index in [1.807, 2.05) is 54.8 Å². The Bertz CT molecular complexity index is 1090. The maximum Gasteiger partial charge on any atom is 0.326 e. The molecule has 8 heteroatoms. The van der Waals surface area contributed by atoms with Crippen LogP contribution in [0.5, 0.6) is 0 Å². The van der Waals surface area contributed by atoms with Crippen LogP contribution in [0.25, 0.3) is 0 Å². The molecule has 6 nitrogen and oxygen atoms in total. The lowest BCUT2D eigenvalue weighted by molar-refractivity contribution is -0.120. The maximum atomic E-state index is 12.8. The Kier molecular flexibility index (Phi) is 7.34.